The third-order valence-electron chi connectivity index (χ3n) is 4.82. The number of halogens is 2. The maximum Gasteiger partial charge on any atom is 0.237 e. The fourth-order valence-corrected chi connectivity index (χ4v) is 3.93. The highest BCUT2D eigenvalue weighted by atomic mass is 35.5. The molecule has 4 rings (SSSR count). The number of likely N-dealkylation sites (tertiary alicyclic amines) is 1. The first-order valence-electron chi connectivity index (χ1n) is 8.84. The largest absolute Gasteiger partial charge is 0.348 e. The predicted molar refractivity (Wildman–Crippen MR) is 106 cm³/mol. The summed E-state index contributed by atoms with van der Waals surface area (Å²) in [6.45, 7) is 1.86. The van der Waals surface area contributed by atoms with Crippen LogP contribution in [-0.4, -0.2) is 38.3 Å². The zero-order chi connectivity index (χ0) is 18.8. The minimum atomic E-state index is -0.164. The highest BCUT2D eigenvalue weighted by molar-refractivity contribution is 6.35. The summed E-state index contributed by atoms with van der Waals surface area (Å²) < 4.78 is 0. The number of H-pyrrole nitrogens is 1. The molecule has 1 atom stereocenters. The van der Waals surface area contributed by atoms with E-state index in [1.165, 1.54) is 0 Å². The van der Waals surface area contributed by atoms with Gasteiger partial charge in [0.05, 0.1) is 29.8 Å². The molecule has 0 radical (unpaired) electrons. The van der Waals surface area contributed by atoms with Crippen LogP contribution in [0, 0.1) is 0 Å². The molecule has 1 amide bonds. The quantitative estimate of drug-likeness (QED) is 0.682. The molecule has 0 spiro atoms. The molecule has 1 aliphatic rings. The lowest BCUT2D eigenvalue weighted by molar-refractivity contribution is -0.125. The Morgan fingerprint density at radius 3 is 3.04 bits per heavy atom. The Hall–Kier alpha value is -2.15. The molecule has 2 aromatic heterocycles. The molecule has 2 N–H and O–H groups in total. The summed E-state index contributed by atoms with van der Waals surface area (Å²) in [7, 11) is 0. The monoisotopic (exact) mass is 403 g/mol. The first kappa shape index (κ1) is 18.2. The summed E-state index contributed by atoms with van der Waals surface area (Å²) in [6, 6.07) is 7.15. The van der Waals surface area contributed by atoms with Crippen LogP contribution in [-0.2, 0) is 17.9 Å². The number of nitrogens with zero attached hydrogens (tertiary/aromatic N) is 3. The van der Waals surface area contributed by atoms with Crippen LogP contribution in [0.15, 0.2) is 36.7 Å². The van der Waals surface area contributed by atoms with E-state index < -0.39 is 0 Å². The molecule has 3 aromatic rings. The van der Waals surface area contributed by atoms with Gasteiger partial charge in [0.15, 0.2) is 0 Å². The number of hydrogen-bond acceptors (Lipinski definition) is 4. The van der Waals surface area contributed by atoms with Crippen LogP contribution in [0.4, 0.5) is 0 Å². The van der Waals surface area contributed by atoms with Crippen molar-refractivity contribution in [1.29, 1.82) is 0 Å². The molecule has 3 heterocycles. The molecule has 1 aliphatic heterocycles. The molecule has 0 bridgehead atoms. The number of aromatic amines is 1. The second kappa shape index (κ2) is 7.84. The van der Waals surface area contributed by atoms with Crippen molar-refractivity contribution in [3.8, 4) is 0 Å². The van der Waals surface area contributed by atoms with E-state index in [1.807, 2.05) is 18.2 Å². The van der Waals surface area contributed by atoms with Crippen LogP contribution < -0.4 is 5.32 Å². The molecular weight excluding hydrogens is 385 g/mol. The van der Waals surface area contributed by atoms with Gasteiger partial charge >= 0.3 is 0 Å². The number of imidazole rings is 1. The van der Waals surface area contributed by atoms with Gasteiger partial charge in [0, 0.05) is 22.8 Å². The van der Waals surface area contributed by atoms with E-state index in [9.17, 15) is 4.79 Å². The molecule has 1 aromatic carbocycles. The van der Waals surface area contributed by atoms with Gasteiger partial charge in [-0.05, 0) is 43.1 Å². The number of aromatic nitrogens is 3. The number of rotatable bonds is 5. The van der Waals surface area contributed by atoms with Crippen LogP contribution >= 0.6 is 23.2 Å². The Bertz CT molecular complexity index is 941. The SMILES string of the molecule is O=C(NCc1nc2ccncc2[nH]1)[C@@H]1CCCN1Cc1ccc(Cl)cc1Cl. The first-order chi connectivity index (χ1) is 13.1. The molecule has 27 heavy (non-hydrogen) atoms. The average molecular weight is 404 g/mol. The van der Waals surface area contributed by atoms with E-state index in [0.717, 1.165) is 41.8 Å². The number of nitrogens with one attached hydrogen (secondary N) is 2. The van der Waals surface area contributed by atoms with Crippen LogP contribution in [0.25, 0.3) is 11.0 Å². The normalized spacial score (nSPS) is 17.5. The lowest BCUT2D eigenvalue weighted by Crippen LogP contribution is -2.42. The maximum absolute atomic E-state index is 12.7. The van der Waals surface area contributed by atoms with E-state index in [0.29, 0.717) is 23.1 Å². The highest BCUT2D eigenvalue weighted by Gasteiger charge is 2.30. The smallest absolute Gasteiger partial charge is 0.237 e. The highest BCUT2D eigenvalue weighted by Crippen LogP contribution is 2.26. The van der Waals surface area contributed by atoms with E-state index in [-0.39, 0.29) is 11.9 Å². The van der Waals surface area contributed by atoms with Gasteiger partial charge in [0.1, 0.15) is 5.82 Å². The Balaban J connectivity index is 1.39. The molecule has 140 valence electrons. The zero-order valence-electron chi connectivity index (χ0n) is 14.6. The molecule has 1 fully saturated rings. The molecule has 6 nitrogen and oxygen atoms in total. The second-order valence-electron chi connectivity index (χ2n) is 6.66. The number of hydrogen-bond donors (Lipinski definition) is 2. The fourth-order valence-electron chi connectivity index (χ4n) is 3.46. The number of fused-ring (bicyclic) bond motifs is 1. The van der Waals surface area contributed by atoms with Gasteiger partial charge in [-0.3, -0.25) is 14.7 Å². The lowest BCUT2D eigenvalue weighted by atomic mass is 10.1. The van der Waals surface area contributed by atoms with Crippen LogP contribution in [0.3, 0.4) is 0 Å². The molecular formula is C19H19Cl2N5O. The molecule has 1 saturated heterocycles. The van der Waals surface area contributed by atoms with Gasteiger partial charge in [-0.15, -0.1) is 0 Å². The first-order valence-corrected chi connectivity index (χ1v) is 9.60. The Labute approximate surface area is 166 Å². The molecule has 0 aliphatic carbocycles. The fraction of sp³-hybridized carbons (Fsp3) is 0.316. The topological polar surface area (TPSA) is 73.9 Å². The Morgan fingerprint density at radius 2 is 2.22 bits per heavy atom. The third-order valence-corrected chi connectivity index (χ3v) is 5.40. The summed E-state index contributed by atoms with van der Waals surface area (Å²) in [6.07, 6.45) is 5.24. The molecule has 8 heteroatoms. The van der Waals surface area contributed by atoms with Crippen molar-refractivity contribution >= 4 is 40.1 Å². The van der Waals surface area contributed by atoms with Crippen molar-refractivity contribution in [3.05, 3.63) is 58.1 Å². The number of amides is 1. The van der Waals surface area contributed by atoms with Gasteiger partial charge in [-0.1, -0.05) is 29.3 Å². The van der Waals surface area contributed by atoms with Crippen molar-refractivity contribution in [2.24, 2.45) is 0 Å². The molecule has 0 saturated carbocycles. The van der Waals surface area contributed by atoms with Crippen molar-refractivity contribution in [1.82, 2.24) is 25.2 Å². The maximum atomic E-state index is 12.7. The van der Waals surface area contributed by atoms with Gasteiger partial charge in [-0.25, -0.2) is 4.98 Å². The summed E-state index contributed by atoms with van der Waals surface area (Å²) in [4.78, 5) is 26.6. The van der Waals surface area contributed by atoms with E-state index in [1.54, 1.807) is 18.5 Å². The van der Waals surface area contributed by atoms with Gasteiger partial charge < -0.3 is 10.3 Å². The third kappa shape index (κ3) is 4.08. The van der Waals surface area contributed by atoms with Crippen molar-refractivity contribution < 1.29 is 4.79 Å². The summed E-state index contributed by atoms with van der Waals surface area (Å²) in [5.74, 6) is 0.729. The van der Waals surface area contributed by atoms with E-state index in [2.05, 4.69) is 25.2 Å². The molecule has 0 unspecified atom stereocenters. The van der Waals surface area contributed by atoms with Gasteiger partial charge in [0.2, 0.25) is 5.91 Å². The summed E-state index contributed by atoms with van der Waals surface area (Å²) >= 11 is 12.3. The van der Waals surface area contributed by atoms with Crippen LogP contribution in [0.2, 0.25) is 10.0 Å². The number of pyridine rings is 1. The number of benzene rings is 1. The average Bonchev–Trinajstić information content (AvgIpc) is 3.28. The van der Waals surface area contributed by atoms with E-state index >= 15 is 0 Å². The number of carbonyl (C=O) groups excluding carboxylic acids is 1. The van der Waals surface area contributed by atoms with Crippen molar-refractivity contribution in [2.75, 3.05) is 6.54 Å². The van der Waals surface area contributed by atoms with Crippen LogP contribution in [0.5, 0.6) is 0 Å². The van der Waals surface area contributed by atoms with Crippen molar-refractivity contribution in [3.63, 3.8) is 0 Å². The number of carbonyl (C=O) groups is 1. The summed E-state index contributed by atoms with van der Waals surface area (Å²) in [5.41, 5.74) is 2.68. The minimum Gasteiger partial charge on any atom is -0.348 e. The van der Waals surface area contributed by atoms with Gasteiger partial charge in [0.25, 0.3) is 0 Å². The standard InChI is InChI=1S/C19H19Cl2N5O/c20-13-4-3-12(14(21)8-13)11-26-7-1-2-17(26)19(27)23-10-18-24-15-5-6-22-9-16(15)25-18/h3-6,8-9,17H,1-2,7,10-11H2,(H,23,27)(H,24,25)/t17-/m0/s1. The zero-order valence-corrected chi connectivity index (χ0v) is 16.1. The lowest BCUT2D eigenvalue weighted by Gasteiger charge is -2.24. The van der Waals surface area contributed by atoms with Crippen molar-refractivity contribution in [2.45, 2.75) is 32.0 Å². The Kier molecular flexibility index (Phi) is 5.29. The van der Waals surface area contributed by atoms with Gasteiger partial charge in [-0.2, -0.15) is 0 Å². The van der Waals surface area contributed by atoms with Crippen LogP contribution in [0.1, 0.15) is 24.2 Å². The van der Waals surface area contributed by atoms with E-state index in [4.69, 9.17) is 23.2 Å². The Morgan fingerprint density at radius 1 is 1.33 bits per heavy atom. The second-order valence-corrected chi connectivity index (χ2v) is 7.50. The summed E-state index contributed by atoms with van der Waals surface area (Å²) in [5, 5.41) is 4.23. The minimum absolute atomic E-state index is 0.0103. The predicted octanol–water partition coefficient (Wildman–Crippen LogP) is 3.55.